The molecule has 0 saturated carbocycles. The van der Waals surface area contributed by atoms with Crippen LogP contribution < -0.4 is 38.5 Å². The number of rotatable bonds is 31. The Morgan fingerprint density at radius 1 is 0.388 bits per heavy atom. The first kappa shape index (κ1) is 92.5. The Labute approximate surface area is 708 Å². The molecule has 3 saturated heterocycles. The second kappa shape index (κ2) is 44.1. The van der Waals surface area contributed by atoms with Crippen molar-refractivity contribution in [3.05, 3.63) is 275 Å². The lowest BCUT2D eigenvalue weighted by Crippen LogP contribution is -2.65. The van der Waals surface area contributed by atoms with Crippen molar-refractivity contribution >= 4 is 62.9 Å². The molecule has 3 fully saturated rings. The van der Waals surface area contributed by atoms with E-state index >= 15 is 0 Å². The van der Waals surface area contributed by atoms with Crippen LogP contribution in [0.25, 0.3) is 21.5 Å². The highest BCUT2D eigenvalue weighted by Gasteiger charge is 2.43. The Bertz CT molecular complexity index is 4660. The number of nitrogens with one attached hydrogen (secondary N) is 4. The van der Waals surface area contributed by atoms with Crippen LogP contribution in [0.15, 0.2) is 218 Å². The number of carbonyl (C=O) groups is 7. The number of halogens is 3. The summed E-state index contributed by atoms with van der Waals surface area (Å²) in [7, 11) is 8.07. The van der Waals surface area contributed by atoms with E-state index in [1.165, 1.54) is 47.5 Å². The lowest BCUT2D eigenvalue weighted by Gasteiger charge is -2.45. The van der Waals surface area contributed by atoms with E-state index in [0.717, 1.165) is 51.2 Å². The van der Waals surface area contributed by atoms with E-state index in [9.17, 15) is 46.7 Å². The van der Waals surface area contributed by atoms with Crippen LogP contribution in [0.2, 0.25) is 0 Å². The molecule has 0 radical (unpaired) electrons. The maximum Gasteiger partial charge on any atom is 0.245 e. The van der Waals surface area contributed by atoms with Gasteiger partial charge in [0.15, 0.2) is 0 Å². The molecule has 0 bridgehead atoms. The molecule has 9 aromatic carbocycles. The van der Waals surface area contributed by atoms with Crippen molar-refractivity contribution in [1.82, 2.24) is 50.7 Å². The zero-order chi connectivity index (χ0) is 86.9. The molecule has 0 spiro atoms. The number of nitrogens with two attached hydrogens (primary N) is 3. The zero-order valence-corrected chi connectivity index (χ0v) is 70.8. The van der Waals surface area contributed by atoms with E-state index in [2.05, 4.69) is 133 Å². The molecule has 23 nitrogen and oxygen atoms in total. The quantitative estimate of drug-likeness (QED) is 0.0215. The van der Waals surface area contributed by atoms with Gasteiger partial charge >= 0.3 is 0 Å². The third kappa shape index (κ3) is 26.1. The van der Waals surface area contributed by atoms with Gasteiger partial charge in [0.1, 0.15) is 29.5 Å². The molecule has 10 N–H and O–H groups in total. The van der Waals surface area contributed by atoms with Crippen molar-refractivity contribution in [2.75, 3.05) is 114 Å². The van der Waals surface area contributed by atoms with Crippen molar-refractivity contribution < 1.29 is 60.9 Å². The standard InChI is InChI=1S/2C33H42FN5O4.C29H34FN3O2/c2*1-33(2,35)32(42)37-28(18-22-10-13-26(34)14-11-22)31(41)39-16-15-38(20-27(39)21-43-4)29(30(40)36-3)19-23-9-12-24-7-5-6-8-25(24)17-23;1-35-21-26-20-32(28(24-10-6-3-7-11-24)19-22-8-4-2-5-9-22)16-17-33(26)29(34)27(31)18-23-12-14-25(30)15-13-23/h2*5-14,17,27-29H,15-16,18-21,35H2,1-4H3,(H,36,40)(H,37,42);2-15,26-28H,16-21,31H2,1H3. The minimum Gasteiger partial charge on any atom is -0.382 e. The number of likely N-dealkylation sites (N-methyl/N-ethyl adjacent to an activating group) is 2. The first-order chi connectivity index (χ1) is 58.0. The normalized spacial score (nSPS) is 17.6. The molecule has 9 unspecified atom stereocenters. The van der Waals surface area contributed by atoms with Crippen molar-refractivity contribution in [3.8, 4) is 0 Å². The van der Waals surface area contributed by atoms with E-state index in [0.29, 0.717) is 89.4 Å². The first-order valence-corrected chi connectivity index (χ1v) is 41.3. The largest absolute Gasteiger partial charge is 0.382 e. The van der Waals surface area contributed by atoms with Gasteiger partial charge in [-0.05, 0) is 150 Å². The van der Waals surface area contributed by atoms with Gasteiger partial charge in [0, 0.05) is 113 Å². The van der Waals surface area contributed by atoms with Gasteiger partial charge in [0.25, 0.3) is 0 Å². The number of hydrogen-bond donors (Lipinski definition) is 7. The average Bonchev–Trinajstić information content (AvgIpc) is 0.805. The van der Waals surface area contributed by atoms with Crippen LogP contribution in [-0.2, 0) is 86.3 Å². The monoisotopic (exact) mass is 1660 g/mol. The minimum absolute atomic E-state index is 0.0876. The number of carbonyl (C=O) groups excluding carboxylic acids is 7. The van der Waals surface area contributed by atoms with Crippen LogP contribution in [0, 0.1) is 17.5 Å². The fourth-order valence-corrected chi connectivity index (χ4v) is 16.0. The highest BCUT2D eigenvalue weighted by Crippen LogP contribution is 2.31. The lowest BCUT2D eigenvalue weighted by molar-refractivity contribution is -0.144. The van der Waals surface area contributed by atoms with Crippen LogP contribution >= 0.6 is 0 Å². The number of piperazine rings is 3. The molecule has 9 atom stereocenters. The maximum absolute atomic E-state index is 14.0. The summed E-state index contributed by atoms with van der Waals surface area (Å²) in [6, 6.07) is 63.5. The van der Waals surface area contributed by atoms with Crippen molar-refractivity contribution in [3.63, 3.8) is 0 Å². The number of hydrogen-bond acceptors (Lipinski definition) is 16. The van der Waals surface area contributed by atoms with E-state index in [4.69, 9.17) is 31.4 Å². The van der Waals surface area contributed by atoms with Crippen LogP contribution in [-0.4, -0.2) is 244 Å². The summed E-state index contributed by atoms with van der Waals surface area (Å²) in [6.45, 7) is 11.7. The fourth-order valence-electron chi connectivity index (χ4n) is 16.0. The summed E-state index contributed by atoms with van der Waals surface area (Å²) in [6.07, 6.45) is 2.62. The molecule has 0 aliphatic carbocycles. The molecule has 12 rings (SSSR count). The number of methoxy groups -OCH3 is 3. The SMILES string of the molecule is CNC(=O)C(Cc1ccc2ccccc2c1)N1CCN(C(=O)C(Cc2ccc(F)cc2)NC(=O)C(C)(C)N)C(COC)C1.CNC(=O)C(Cc1ccc2ccccc2c1)N1CCN(C(=O)C(Cc2ccc(F)cc2)NC(=O)C(C)(C)N)C(COC)C1.COCC1CN(C(Cc2ccccc2)c2ccccc2)CCN1C(=O)C(N)Cc1ccc(F)cc1. The van der Waals surface area contributed by atoms with Crippen LogP contribution in [0.5, 0.6) is 0 Å². The Hall–Kier alpha value is -10.8. The number of nitrogens with zero attached hydrogens (tertiary/aromatic N) is 6. The van der Waals surface area contributed by atoms with E-state index in [1.54, 1.807) is 109 Å². The number of amides is 7. The molecular formula is C95H118F3N13O10. The second-order valence-corrected chi connectivity index (χ2v) is 32.6. The molecule has 3 aliphatic rings. The third-order valence-corrected chi connectivity index (χ3v) is 22.6. The van der Waals surface area contributed by atoms with E-state index in [-0.39, 0.29) is 97.2 Å². The third-order valence-electron chi connectivity index (χ3n) is 22.6. The molecule has 26 heteroatoms. The van der Waals surface area contributed by atoms with Gasteiger partial charge < -0.3 is 67.4 Å². The lowest BCUT2D eigenvalue weighted by atomic mass is 9.95. The molecule has 0 aromatic heterocycles. The van der Waals surface area contributed by atoms with Crippen molar-refractivity contribution in [2.24, 2.45) is 17.2 Å². The van der Waals surface area contributed by atoms with Gasteiger partial charge in [0.05, 0.1) is 67.1 Å². The summed E-state index contributed by atoms with van der Waals surface area (Å²) in [5, 5.41) is 15.7. The van der Waals surface area contributed by atoms with Gasteiger partial charge in [-0.2, -0.15) is 0 Å². The first-order valence-electron chi connectivity index (χ1n) is 41.3. The summed E-state index contributed by atoms with van der Waals surface area (Å²) >= 11 is 0. The number of benzene rings is 9. The highest BCUT2D eigenvalue weighted by atomic mass is 19.1. The molecule has 3 aliphatic heterocycles. The number of ether oxygens (including phenoxy) is 3. The Morgan fingerprint density at radius 3 is 1.08 bits per heavy atom. The highest BCUT2D eigenvalue weighted by molar-refractivity contribution is 5.93. The molecule has 3 heterocycles. The molecule has 9 aromatic rings. The van der Waals surface area contributed by atoms with Gasteiger partial charge in [-0.15, -0.1) is 0 Å². The van der Waals surface area contributed by atoms with E-state index in [1.807, 2.05) is 53.4 Å². The van der Waals surface area contributed by atoms with Crippen LogP contribution in [0.4, 0.5) is 13.2 Å². The summed E-state index contributed by atoms with van der Waals surface area (Å²) < 4.78 is 56.9. The minimum atomic E-state index is -1.20. The number of fused-ring (bicyclic) bond motifs is 2. The van der Waals surface area contributed by atoms with Gasteiger partial charge in [0.2, 0.25) is 41.4 Å². The average molecular weight is 1660 g/mol. The predicted octanol–water partition coefficient (Wildman–Crippen LogP) is 8.36. The smallest absolute Gasteiger partial charge is 0.245 e. The molecule has 121 heavy (non-hydrogen) atoms. The Morgan fingerprint density at radius 2 is 0.711 bits per heavy atom. The maximum atomic E-state index is 14.0. The molecule has 7 amide bonds. The topological polar surface area (TPSA) is 293 Å². The van der Waals surface area contributed by atoms with Crippen LogP contribution in [0.3, 0.4) is 0 Å². The summed E-state index contributed by atoms with van der Waals surface area (Å²) in [5.74, 6) is -2.86. The Kier molecular flexibility index (Phi) is 33.8. The molecule has 644 valence electrons. The molecular weight excluding hydrogens is 1540 g/mol. The van der Waals surface area contributed by atoms with Crippen molar-refractivity contribution in [1.29, 1.82) is 0 Å². The predicted molar refractivity (Wildman–Crippen MR) is 466 cm³/mol. The van der Waals surface area contributed by atoms with Gasteiger partial charge in [-0.1, -0.05) is 182 Å². The second-order valence-electron chi connectivity index (χ2n) is 32.6. The van der Waals surface area contributed by atoms with Crippen molar-refractivity contribution in [2.45, 2.75) is 132 Å². The Balaban J connectivity index is 0.000000192. The van der Waals surface area contributed by atoms with Crippen LogP contribution in [0.1, 0.15) is 72.7 Å². The summed E-state index contributed by atoms with van der Waals surface area (Å²) in [4.78, 5) is 105. The van der Waals surface area contributed by atoms with Gasteiger partial charge in [-0.3, -0.25) is 48.3 Å². The van der Waals surface area contributed by atoms with E-state index < -0.39 is 53.1 Å². The van der Waals surface area contributed by atoms with Gasteiger partial charge in [-0.25, -0.2) is 13.2 Å². The summed E-state index contributed by atoms with van der Waals surface area (Å²) in [5.41, 5.74) is 22.9. The zero-order valence-electron chi connectivity index (χ0n) is 70.8. The fraction of sp³-hybridized carbons (Fsp3) is 0.400.